The number of halogens is 4. The van der Waals surface area contributed by atoms with E-state index in [9.17, 15) is 13.2 Å². The van der Waals surface area contributed by atoms with E-state index in [1.165, 1.54) is 0 Å². The van der Waals surface area contributed by atoms with Crippen LogP contribution in [0.15, 0.2) is 18.3 Å². The molecule has 1 aromatic rings. The fourth-order valence-corrected chi connectivity index (χ4v) is 1.01. The molecule has 0 aromatic carbocycles. The molecule has 1 rings (SSSR count). The van der Waals surface area contributed by atoms with Crippen LogP contribution in [0, 0.1) is 6.92 Å². The maximum absolute atomic E-state index is 12.1. The first-order valence-corrected chi connectivity index (χ1v) is 5.08. The van der Waals surface area contributed by atoms with Gasteiger partial charge in [-0.2, -0.15) is 13.2 Å². The number of alkyl halides is 4. The number of nitrogens with zero attached hydrogens (tertiary/aromatic N) is 1. The molecule has 0 saturated heterocycles. The third-order valence-corrected chi connectivity index (χ3v) is 2.48. The number of aryl methyl sites for hydroxylation is 1. The van der Waals surface area contributed by atoms with Crippen molar-refractivity contribution >= 4 is 15.9 Å². The fraction of sp³-hybridized carbons (Fsp3) is 0.444. The van der Waals surface area contributed by atoms with E-state index in [1.54, 1.807) is 25.3 Å². The molecule has 0 amide bonds. The quantitative estimate of drug-likeness (QED) is 0.796. The van der Waals surface area contributed by atoms with E-state index in [1.807, 2.05) is 0 Å². The van der Waals surface area contributed by atoms with Gasteiger partial charge in [-0.15, -0.1) is 0 Å². The van der Waals surface area contributed by atoms with Crippen molar-refractivity contribution in [2.24, 2.45) is 0 Å². The average Bonchev–Trinajstić information content (AvgIpc) is 2.14. The van der Waals surface area contributed by atoms with Gasteiger partial charge in [0.15, 0.2) is 0 Å². The Morgan fingerprint density at radius 3 is 2.73 bits per heavy atom. The third-order valence-electron chi connectivity index (χ3n) is 1.70. The Kier molecular flexibility index (Phi) is 3.96. The van der Waals surface area contributed by atoms with Crippen molar-refractivity contribution in [2.45, 2.75) is 17.9 Å². The number of rotatable bonds is 3. The molecular weight excluding hydrogens is 275 g/mol. The molecule has 0 aliphatic heterocycles. The van der Waals surface area contributed by atoms with Gasteiger partial charge in [0.1, 0.15) is 17.2 Å². The Morgan fingerprint density at radius 1 is 1.53 bits per heavy atom. The lowest BCUT2D eigenvalue weighted by Crippen LogP contribution is -2.29. The van der Waals surface area contributed by atoms with Gasteiger partial charge >= 0.3 is 6.18 Å². The molecule has 1 aromatic heterocycles. The summed E-state index contributed by atoms with van der Waals surface area (Å²) in [5.74, 6) is 0.367. The summed E-state index contributed by atoms with van der Waals surface area (Å²) < 4.78 is 41.3. The van der Waals surface area contributed by atoms with Gasteiger partial charge in [0.05, 0.1) is 5.69 Å². The minimum absolute atomic E-state index is 0.367. The van der Waals surface area contributed by atoms with E-state index in [0.717, 1.165) is 0 Å². The second-order valence-corrected chi connectivity index (χ2v) is 4.01. The summed E-state index contributed by atoms with van der Waals surface area (Å²) in [5, 5.41) is 0. The highest BCUT2D eigenvalue weighted by molar-refractivity contribution is 9.09. The predicted octanol–water partition coefficient (Wildman–Crippen LogP) is 3.09. The molecule has 0 aliphatic rings. The van der Waals surface area contributed by atoms with Gasteiger partial charge in [0.2, 0.25) is 0 Å². The number of hydrogen-bond acceptors (Lipinski definition) is 2. The molecule has 0 N–H and O–H groups in total. The first kappa shape index (κ1) is 12.3. The summed E-state index contributed by atoms with van der Waals surface area (Å²) in [5.41, 5.74) is 0.569. The molecule has 1 heterocycles. The second kappa shape index (κ2) is 4.83. The summed E-state index contributed by atoms with van der Waals surface area (Å²) in [7, 11) is 0. The smallest absolute Gasteiger partial charge is 0.404 e. The van der Waals surface area contributed by atoms with Crippen molar-refractivity contribution in [2.75, 3.05) is 6.61 Å². The topological polar surface area (TPSA) is 22.1 Å². The summed E-state index contributed by atoms with van der Waals surface area (Å²) in [6, 6.07) is 3.19. The molecule has 15 heavy (non-hydrogen) atoms. The van der Waals surface area contributed by atoms with Crippen LogP contribution in [0.25, 0.3) is 0 Å². The maximum Gasteiger partial charge on any atom is 0.404 e. The van der Waals surface area contributed by atoms with Crippen molar-refractivity contribution in [3.8, 4) is 5.75 Å². The lowest BCUT2D eigenvalue weighted by molar-refractivity contribution is -0.132. The second-order valence-electron chi connectivity index (χ2n) is 2.91. The highest BCUT2D eigenvalue weighted by Crippen LogP contribution is 2.27. The van der Waals surface area contributed by atoms with Crippen molar-refractivity contribution in [3.05, 3.63) is 24.0 Å². The Balaban J connectivity index is 2.55. The van der Waals surface area contributed by atoms with Crippen LogP contribution in [0.5, 0.6) is 5.75 Å². The summed E-state index contributed by atoms with van der Waals surface area (Å²) in [4.78, 5) is 2.24. The molecule has 84 valence electrons. The molecule has 2 nitrogen and oxygen atoms in total. The zero-order chi connectivity index (χ0) is 11.5. The van der Waals surface area contributed by atoms with Gasteiger partial charge in [-0.05, 0) is 19.1 Å². The highest BCUT2D eigenvalue weighted by Gasteiger charge is 2.38. The Bertz CT molecular complexity index is 329. The van der Waals surface area contributed by atoms with Crippen LogP contribution in [0.1, 0.15) is 5.69 Å². The molecule has 1 unspecified atom stereocenters. The summed E-state index contributed by atoms with van der Waals surface area (Å²) >= 11 is 2.51. The first-order chi connectivity index (χ1) is 6.91. The minimum Gasteiger partial charge on any atom is -0.490 e. The largest absolute Gasteiger partial charge is 0.490 e. The molecule has 1 atom stereocenters. The van der Waals surface area contributed by atoms with Gasteiger partial charge in [-0.1, -0.05) is 15.9 Å². The molecule has 0 saturated carbocycles. The van der Waals surface area contributed by atoms with Crippen LogP contribution >= 0.6 is 15.9 Å². The van der Waals surface area contributed by atoms with Gasteiger partial charge in [0, 0.05) is 6.20 Å². The Morgan fingerprint density at radius 2 is 2.20 bits per heavy atom. The van der Waals surface area contributed by atoms with Crippen molar-refractivity contribution in [1.29, 1.82) is 0 Å². The predicted molar refractivity (Wildman–Crippen MR) is 53.2 cm³/mol. The highest BCUT2D eigenvalue weighted by atomic mass is 79.9. The van der Waals surface area contributed by atoms with Gasteiger partial charge < -0.3 is 4.74 Å². The molecule has 0 aliphatic carbocycles. The van der Waals surface area contributed by atoms with E-state index >= 15 is 0 Å². The van der Waals surface area contributed by atoms with Gasteiger partial charge in [0.25, 0.3) is 0 Å². The molecule has 6 heteroatoms. The van der Waals surface area contributed by atoms with Gasteiger partial charge in [-0.3, -0.25) is 4.98 Å². The summed E-state index contributed by atoms with van der Waals surface area (Å²) in [6.07, 6.45) is -2.74. The lowest BCUT2D eigenvalue weighted by atomic mass is 10.3. The van der Waals surface area contributed by atoms with E-state index in [4.69, 9.17) is 4.74 Å². The van der Waals surface area contributed by atoms with E-state index in [0.29, 0.717) is 11.4 Å². The Labute approximate surface area is 93.6 Å². The number of aromatic nitrogens is 1. The van der Waals surface area contributed by atoms with E-state index in [-0.39, 0.29) is 0 Å². The molecule has 0 fully saturated rings. The number of pyridine rings is 1. The third kappa shape index (κ3) is 3.70. The monoisotopic (exact) mass is 283 g/mol. The number of hydrogen-bond donors (Lipinski definition) is 0. The summed E-state index contributed by atoms with van der Waals surface area (Å²) in [6.45, 7) is 1.21. The zero-order valence-corrected chi connectivity index (χ0v) is 9.47. The first-order valence-electron chi connectivity index (χ1n) is 4.16. The Hall–Kier alpha value is -0.780. The van der Waals surface area contributed by atoms with Crippen molar-refractivity contribution in [1.82, 2.24) is 4.98 Å². The van der Waals surface area contributed by atoms with Crippen LogP contribution in [-0.4, -0.2) is 22.6 Å². The van der Waals surface area contributed by atoms with Crippen molar-refractivity contribution in [3.63, 3.8) is 0 Å². The fourth-order valence-electron chi connectivity index (χ4n) is 0.879. The average molecular weight is 284 g/mol. The van der Waals surface area contributed by atoms with Crippen LogP contribution in [-0.2, 0) is 0 Å². The minimum atomic E-state index is -4.30. The molecule has 0 bridgehead atoms. The van der Waals surface area contributed by atoms with Gasteiger partial charge in [-0.25, -0.2) is 0 Å². The standard InChI is InChI=1S/C9H9BrF3NO/c1-6-7(3-2-4-14-6)15-5-8(10)9(11,12)13/h2-4,8H,5H2,1H3. The van der Waals surface area contributed by atoms with Crippen molar-refractivity contribution < 1.29 is 17.9 Å². The van der Waals surface area contributed by atoms with Crippen LogP contribution in [0.3, 0.4) is 0 Å². The molecular formula is C9H9BrF3NO. The lowest BCUT2D eigenvalue weighted by Gasteiger charge is -2.15. The van der Waals surface area contributed by atoms with Crippen LogP contribution in [0.2, 0.25) is 0 Å². The van der Waals surface area contributed by atoms with Crippen LogP contribution in [0.4, 0.5) is 13.2 Å². The van der Waals surface area contributed by atoms with E-state index < -0.39 is 17.6 Å². The van der Waals surface area contributed by atoms with Crippen LogP contribution < -0.4 is 4.74 Å². The number of ether oxygens (including phenoxy) is 1. The zero-order valence-electron chi connectivity index (χ0n) is 7.88. The normalized spacial score (nSPS) is 13.7. The van der Waals surface area contributed by atoms with E-state index in [2.05, 4.69) is 20.9 Å². The molecule has 0 spiro atoms. The SMILES string of the molecule is Cc1ncccc1OCC(Br)C(F)(F)F. The molecule has 0 radical (unpaired) electrons. The maximum atomic E-state index is 12.1.